The van der Waals surface area contributed by atoms with Crippen molar-refractivity contribution in [3.8, 4) is 0 Å². The van der Waals surface area contributed by atoms with Crippen LogP contribution in [0, 0.1) is 6.92 Å². The normalized spacial score (nSPS) is 14.7. The molecule has 2 N–H and O–H groups in total. The molecule has 1 unspecified atom stereocenters. The molecule has 0 aliphatic rings. The van der Waals surface area contributed by atoms with E-state index in [-0.39, 0.29) is 24.0 Å². The van der Waals surface area contributed by atoms with E-state index in [2.05, 4.69) is 10.3 Å². The lowest BCUT2D eigenvalue weighted by Gasteiger charge is -2.24. The lowest BCUT2D eigenvalue weighted by atomic mass is 10.0. The van der Waals surface area contributed by atoms with Gasteiger partial charge in [-0.15, -0.1) is 24.0 Å². The summed E-state index contributed by atoms with van der Waals surface area (Å²) in [7, 11) is 5.48. The molecule has 0 spiro atoms. The summed E-state index contributed by atoms with van der Waals surface area (Å²) in [5.41, 5.74) is -1.06. The second kappa shape index (κ2) is 6.98. The van der Waals surface area contributed by atoms with E-state index in [0.717, 1.165) is 5.76 Å². The Kier molecular flexibility index (Phi) is 6.69. The first kappa shape index (κ1) is 17.2. The van der Waals surface area contributed by atoms with Gasteiger partial charge in [0.25, 0.3) is 0 Å². The van der Waals surface area contributed by atoms with Crippen LogP contribution in [-0.4, -0.2) is 43.7 Å². The summed E-state index contributed by atoms with van der Waals surface area (Å²) in [4.78, 5) is 5.93. The molecule has 104 valence electrons. The van der Waals surface area contributed by atoms with E-state index in [4.69, 9.17) is 4.42 Å². The van der Waals surface area contributed by atoms with Crippen molar-refractivity contribution >= 4 is 29.9 Å². The molecular formula is C12H22IN3O2. The number of aliphatic hydroxyl groups is 1. The van der Waals surface area contributed by atoms with Crippen molar-refractivity contribution in [1.29, 1.82) is 0 Å². The molecule has 0 saturated carbocycles. The highest BCUT2D eigenvalue weighted by molar-refractivity contribution is 14.0. The standard InChI is InChI=1S/C12H21N3O2.HI/c1-9-6-7-10(17-9)12(2,16)8-14-11(13-3)15(4)5;/h6-7,16H,8H2,1-5H3,(H,13,14);1H. The number of aryl methyl sites for hydroxylation is 1. The molecule has 0 aromatic carbocycles. The monoisotopic (exact) mass is 367 g/mol. The number of rotatable bonds is 3. The van der Waals surface area contributed by atoms with Gasteiger partial charge in [-0.05, 0) is 26.0 Å². The fourth-order valence-corrected chi connectivity index (χ4v) is 1.50. The zero-order valence-corrected chi connectivity index (χ0v) is 13.9. The molecule has 0 bridgehead atoms. The molecule has 1 atom stereocenters. The van der Waals surface area contributed by atoms with Crippen LogP contribution in [0.5, 0.6) is 0 Å². The number of hydrogen-bond donors (Lipinski definition) is 2. The predicted octanol–water partition coefficient (Wildman–Crippen LogP) is 1.55. The van der Waals surface area contributed by atoms with Crippen molar-refractivity contribution in [1.82, 2.24) is 10.2 Å². The van der Waals surface area contributed by atoms with Crippen LogP contribution in [0.3, 0.4) is 0 Å². The molecular weight excluding hydrogens is 345 g/mol. The Hall–Kier alpha value is -0.760. The molecule has 1 aromatic heterocycles. The fourth-order valence-electron chi connectivity index (χ4n) is 1.50. The van der Waals surface area contributed by atoms with Crippen molar-refractivity contribution < 1.29 is 9.52 Å². The van der Waals surface area contributed by atoms with Crippen molar-refractivity contribution in [3.63, 3.8) is 0 Å². The summed E-state index contributed by atoms with van der Waals surface area (Å²) >= 11 is 0. The second-order valence-electron chi connectivity index (χ2n) is 4.48. The van der Waals surface area contributed by atoms with E-state index in [1.807, 2.05) is 32.0 Å². The molecule has 0 aliphatic heterocycles. The van der Waals surface area contributed by atoms with E-state index < -0.39 is 5.60 Å². The van der Waals surface area contributed by atoms with Crippen LogP contribution < -0.4 is 5.32 Å². The second-order valence-corrected chi connectivity index (χ2v) is 4.48. The predicted molar refractivity (Wildman–Crippen MR) is 83.5 cm³/mol. The summed E-state index contributed by atoms with van der Waals surface area (Å²) in [5.74, 6) is 2.06. The zero-order chi connectivity index (χ0) is 13.1. The smallest absolute Gasteiger partial charge is 0.193 e. The molecule has 1 rings (SSSR count). The maximum absolute atomic E-state index is 10.3. The van der Waals surface area contributed by atoms with E-state index >= 15 is 0 Å². The highest BCUT2D eigenvalue weighted by Crippen LogP contribution is 2.21. The molecule has 0 aliphatic carbocycles. The van der Waals surface area contributed by atoms with Gasteiger partial charge in [-0.2, -0.15) is 0 Å². The van der Waals surface area contributed by atoms with Crippen LogP contribution in [0.2, 0.25) is 0 Å². The van der Waals surface area contributed by atoms with Crippen LogP contribution in [0.4, 0.5) is 0 Å². The summed E-state index contributed by atoms with van der Waals surface area (Å²) in [5, 5.41) is 13.4. The quantitative estimate of drug-likeness (QED) is 0.484. The lowest BCUT2D eigenvalue weighted by molar-refractivity contribution is 0.0374. The molecule has 1 aromatic rings. The third-order valence-electron chi connectivity index (χ3n) is 2.50. The van der Waals surface area contributed by atoms with Gasteiger partial charge in [-0.3, -0.25) is 4.99 Å². The van der Waals surface area contributed by atoms with Gasteiger partial charge in [-0.1, -0.05) is 0 Å². The Morgan fingerprint density at radius 2 is 2.11 bits per heavy atom. The third kappa shape index (κ3) is 4.49. The number of halogens is 1. The summed E-state index contributed by atoms with van der Waals surface area (Å²) in [6.45, 7) is 3.90. The van der Waals surface area contributed by atoms with Gasteiger partial charge < -0.3 is 19.7 Å². The highest BCUT2D eigenvalue weighted by Gasteiger charge is 2.27. The van der Waals surface area contributed by atoms with E-state index in [1.165, 1.54) is 0 Å². The first-order valence-electron chi connectivity index (χ1n) is 5.54. The minimum atomic E-state index is -1.06. The Morgan fingerprint density at radius 1 is 1.50 bits per heavy atom. The molecule has 1 heterocycles. The minimum Gasteiger partial charge on any atom is -0.463 e. The Balaban J connectivity index is 0.00000289. The topological polar surface area (TPSA) is 61.0 Å². The summed E-state index contributed by atoms with van der Waals surface area (Å²) in [6.07, 6.45) is 0. The van der Waals surface area contributed by atoms with Crippen molar-refractivity contribution in [2.45, 2.75) is 19.4 Å². The maximum Gasteiger partial charge on any atom is 0.193 e. The van der Waals surface area contributed by atoms with Crippen LogP contribution in [0.25, 0.3) is 0 Å². The fraction of sp³-hybridized carbons (Fsp3) is 0.583. The van der Waals surface area contributed by atoms with Crippen molar-refractivity contribution in [2.24, 2.45) is 4.99 Å². The lowest BCUT2D eigenvalue weighted by Crippen LogP contribution is -2.43. The zero-order valence-electron chi connectivity index (χ0n) is 11.5. The number of aliphatic imine (C=N–C) groups is 1. The number of nitrogens with zero attached hydrogens (tertiary/aromatic N) is 2. The number of guanidine groups is 1. The summed E-state index contributed by atoms with van der Waals surface area (Å²) < 4.78 is 5.43. The molecule has 0 saturated heterocycles. The van der Waals surface area contributed by atoms with Gasteiger partial charge in [0.1, 0.15) is 17.1 Å². The summed E-state index contributed by atoms with van der Waals surface area (Å²) in [6, 6.07) is 3.63. The largest absolute Gasteiger partial charge is 0.463 e. The number of hydrogen-bond acceptors (Lipinski definition) is 3. The first-order chi connectivity index (χ1) is 7.86. The highest BCUT2D eigenvalue weighted by atomic mass is 127. The van der Waals surface area contributed by atoms with E-state index in [1.54, 1.807) is 20.0 Å². The molecule has 6 heteroatoms. The Bertz CT molecular complexity index is 400. The van der Waals surface area contributed by atoms with Gasteiger partial charge in [-0.25, -0.2) is 0 Å². The van der Waals surface area contributed by atoms with Gasteiger partial charge >= 0.3 is 0 Å². The Morgan fingerprint density at radius 3 is 2.50 bits per heavy atom. The van der Waals surface area contributed by atoms with Crippen molar-refractivity contribution in [2.75, 3.05) is 27.7 Å². The third-order valence-corrected chi connectivity index (χ3v) is 2.50. The number of nitrogens with one attached hydrogen (secondary N) is 1. The molecule has 0 amide bonds. The van der Waals surface area contributed by atoms with Crippen LogP contribution in [-0.2, 0) is 5.60 Å². The maximum atomic E-state index is 10.3. The van der Waals surface area contributed by atoms with Crippen LogP contribution in [0.1, 0.15) is 18.4 Å². The van der Waals surface area contributed by atoms with Crippen molar-refractivity contribution in [3.05, 3.63) is 23.7 Å². The average Bonchev–Trinajstić information content (AvgIpc) is 2.66. The Labute approximate surface area is 125 Å². The van der Waals surface area contributed by atoms with Gasteiger partial charge in [0.05, 0.1) is 6.54 Å². The molecule has 0 fully saturated rings. The van der Waals surface area contributed by atoms with E-state index in [0.29, 0.717) is 18.3 Å². The van der Waals surface area contributed by atoms with Gasteiger partial charge in [0.2, 0.25) is 0 Å². The number of furan rings is 1. The SMILES string of the molecule is CN=C(NCC(C)(O)c1ccc(C)o1)N(C)C.I. The van der Waals surface area contributed by atoms with Crippen LogP contribution >= 0.6 is 24.0 Å². The average molecular weight is 367 g/mol. The molecule has 0 radical (unpaired) electrons. The van der Waals surface area contributed by atoms with Gasteiger partial charge in [0.15, 0.2) is 5.96 Å². The minimum absolute atomic E-state index is 0. The van der Waals surface area contributed by atoms with Gasteiger partial charge in [0, 0.05) is 21.1 Å². The van der Waals surface area contributed by atoms with E-state index in [9.17, 15) is 5.11 Å². The van der Waals surface area contributed by atoms with Crippen LogP contribution in [0.15, 0.2) is 21.5 Å². The molecule has 18 heavy (non-hydrogen) atoms. The molecule has 5 nitrogen and oxygen atoms in total. The first-order valence-corrected chi connectivity index (χ1v) is 5.54.